The second kappa shape index (κ2) is 6.74. The van der Waals surface area contributed by atoms with Crippen LogP contribution in [-0.4, -0.2) is 33.7 Å². The van der Waals surface area contributed by atoms with E-state index in [2.05, 4.69) is 12.2 Å². The van der Waals surface area contributed by atoms with Crippen molar-refractivity contribution < 1.29 is 13.2 Å². The Morgan fingerprint density at radius 2 is 1.85 bits per heavy atom. The Kier molecular flexibility index (Phi) is 5.56. The maximum Gasteiger partial charge on any atom is 0.251 e. The minimum Gasteiger partial charge on any atom is -0.350 e. The van der Waals surface area contributed by atoms with E-state index in [-0.39, 0.29) is 11.9 Å². The number of nitrogens with one attached hydrogen (secondary N) is 1. The van der Waals surface area contributed by atoms with Crippen molar-refractivity contribution in [1.82, 2.24) is 5.32 Å². The van der Waals surface area contributed by atoms with Crippen molar-refractivity contribution in [2.75, 3.05) is 17.6 Å². The number of hydrogen-bond donors (Lipinski definition) is 1. The van der Waals surface area contributed by atoms with Crippen molar-refractivity contribution in [3.63, 3.8) is 0 Å². The zero-order chi connectivity index (χ0) is 15.3. The number of carbonyl (C=O) groups is 1. The summed E-state index contributed by atoms with van der Waals surface area (Å²) < 4.78 is 24.0. The number of rotatable bonds is 6. The van der Waals surface area contributed by atoms with E-state index in [1.54, 1.807) is 24.3 Å². The van der Waals surface area contributed by atoms with Crippen LogP contribution < -0.4 is 9.62 Å². The molecule has 1 aromatic carbocycles. The zero-order valence-corrected chi connectivity index (χ0v) is 13.2. The van der Waals surface area contributed by atoms with Gasteiger partial charge in [0.25, 0.3) is 5.91 Å². The molecule has 20 heavy (non-hydrogen) atoms. The molecule has 0 unspecified atom stereocenters. The van der Waals surface area contributed by atoms with Gasteiger partial charge < -0.3 is 5.32 Å². The molecule has 0 spiro atoms. The highest BCUT2D eigenvalue weighted by atomic mass is 32.2. The molecule has 0 fully saturated rings. The lowest BCUT2D eigenvalue weighted by molar-refractivity contribution is 0.0938. The largest absolute Gasteiger partial charge is 0.350 e. The number of benzene rings is 1. The Morgan fingerprint density at radius 1 is 1.30 bits per heavy atom. The summed E-state index contributed by atoms with van der Waals surface area (Å²) in [4.78, 5) is 12.0. The number of anilines is 1. The molecule has 1 aromatic rings. The van der Waals surface area contributed by atoms with Gasteiger partial charge in [0, 0.05) is 18.7 Å². The second-order valence-electron chi connectivity index (χ2n) is 4.94. The standard InChI is InChI=1S/C14H22N2O3S/c1-5-6-11(2)15-14(17)12-7-9-13(10-8-12)16(3)20(4,18)19/h7-11H,5-6H2,1-4H3,(H,15,17)/t11-/m0/s1. The van der Waals surface area contributed by atoms with Gasteiger partial charge in [-0.2, -0.15) is 0 Å². The van der Waals surface area contributed by atoms with E-state index < -0.39 is 10.0 Å². The summed E-state index contributed by atoms with van der Waals surface area (Å²) in [5.41, 5.74) is 1.06. The molecule has 0 heterocycles. The van der Waals surface area contributed by atoms with Crippen LogP contribution in [0, 0.1) is 0 Å². The molecule has 1 amide bonds. The quantitative estimate of drug-likeness (QED) is 0.873. The Bertz CT molecular complexity index is 552. The molecule has 1 rings (SSSR count). The van der Waals surface area contributed by atoms with Gasteiger partial charge in [-0.25, -0.2) is 8.42 Å². The fraction of sp³-hybridized carbons (Fsp3) is 0.500. The fourth-order valence-electron chi connectivity index (χ4n) is 1.83. The van der Waals surface area contributed by atoms with Crippen molar-refractivity contribution in [2.24, 2.45) is 0 Å². The van der Waals surface area contributed by atoms with Gasteiger partial charge in [0.2, 0.25) is 10.0 Å². The molecule has 0 aliphatic carbocycles. The first-order valence-corrected chi connectivity index (χ1v) is 8.45. The monoisotopic (exact) mass is 298 g/mol. The SMILES string of the molecule is CCC[C@H](C)NC(=O)c1ccc(N(C)S(C)(=O)=O)cc1. The molecule has 0 aliphatic rings. The van der Waals surface area contributed by atoms with Gasteiger partial charge in [-0.1, -0.05) is 13.3 Å². The first-order valence-electron chi connectivity index (χ1n) is 6.60. The predicted octanol–water partition coefficient (Wildman–Crippen LogP) is 2.00. The smallest absolute Gasteiger partial charge is 0.251 e. The highest BCUT2D eigenvalue weighted by Crippen LogP contribution is 2.16. The van der Waals surface area contributed by atoms with Crippen molar-refractivity contribution in [3.8, 4) is 0 Å². The van der Waals surface area contributed by atoms with Gasteiger partial charge in [-0.05, 0) is 37.6 Å². The third kappa shape index (κ3) is 4.52. The molecule has 0 saturated carbocycles. The van der Waals surface area contributed by atoms with Crippen LogP contribution in [-0.2, 0) is 10.0 Å². The second-order valence-corrected chi connectivity index (χ2v) is 6.95. The summed E-state index contributed by atoms with van der Waals surface area (Å²) in [5, 5.41) is 2.91. The van der Waals surface area contributed by atoms with E-state index >= 15 is 0 Å². The van der Waals surface area contributed by atoms with Gasteiger partial charge in [0.15, 0.2) is 0 Å². The minimum atomic E-state index is -3.28. The highest BCUT2D eigenvalue weighted by Gasteiger charge is 2.13. The third-order valence-corrected chi connectivity index (χ3v) is 4.30. The van der Waals surface area contributed by atoms with Crippen LogP contribution in [0.1, 0.15) is 37.0 Å². The normalized spacial score (nSPS) is 12.8. The minimum absolute atomic E-state index is 0.130. The maximum atomic E-state index is 12.0. The van der Waals surface area contributed by atoms with Crippen LogP contribution in [0.25, 0.3) is 0 Å². The first kappa shape index (κ1) is 16.5. The van der Waals surface area contributed by atoms with E-state index in [0.29, 0.717) is 11.3 Å². The molecule has 112 valence electrons. The van der Waals surface area contributed by atoms with Gasteiger partial charge in [-0.15, -0.1) is 0 Å². The van der Waals surface area contributed by atoms with Crippen LogP contribution in [0.4, 0.5) is 5.69 Å². The van der Waals surface area contributed by atoms with E-state index in [1.807, 2.05) is 6.92 Å². The predicted molar refractivity (Wildman–Crippen MR) is 81.5 cm³/mol. The van der Waals surface area contributed by atoms with Crippen molar-refractivity contribution in [3.05, 3.63) is 29.8 Å². The van der Waals surface area contributed by atoms with Gasteiger partial charge in [0.1, 0.15) is 0 Å². The first-order chi connectivity index (χ1) is 9.25. The van der Waals surface area contributed by atoms with E-state index in [4.69, 9.17) is 0 Å². The molecule has 1 atom stereocenters. The van der Waals surface area contributed by atoms with Crippen LogP contribution in [0.15, 0.2) is 24.3 Å². The zero-order valence-electron chi connectivity index (χ0n) is 12.4. The summed E-state index contributed by atoms with van der Waals surface area (Å²) in [6.45, 7) is 4.03. The lowest BCUT2D eigenvalue weighted by Gasteiger charge is -2.17. The van der Waals surface area contributed by atoms with Crippen molar-refractivity contribution >= 4 is 21.6 Å². The average molecular weight is 298 g/mol. The van der Waals surface area contributed by atoms with Crippen LogP contribution in [0.5, 0.6) is 0 Å². The van der Waals surface area contributed by atoms with Gasteiger partial charge in [-0.3, -0.25) is 9.10 Å². The van der Waals surface area contributed by atoms with Gasteiger partial charge in [0.05, 0.1) is 11.9 Å². The molecule has 0 saturated heterocycles. The summed E-state index contributed by atoms with van der Waals surface area (Å²) in [6, 6.07) is 6.64. The van der Waals surface area contributed by atoms with Crippen molar-refractivity contribution in [2.45, 2.75) is 32.7 Å². The summed E-state index contributed by atoms with van der Waals surface area (Å²) >= 11 is 0. The average Bonchev–Trinajstić information content (AvgIpc) is 2.37. The van der Waals surface area contributed by atoms with E-state index in [9.17, 15) is 13.2 Å². The Morgan fingerprint density at radius 3 is 2.30 bits per heavy atom. The molecule has 5 nitrogen and oxygen atoms in total. The molecule has 0 aliphatic heterocycles. The van der Waals surface area contributed by atoms with Crippen LogP contribution in [0.3, 0.4) is 0 Å². The van der Waals surface area contributed by atoms with Gasteiger partial charge >= 0.3 is 0 Å². The molecule has 1 N–H and O–H groups in total. The Balaban J connectivity index is 2.79. The lowest BCUT2D eigenvalue weighted by atomic mass is 10.1. The number of sulfonamides is 1. The Hall–Kier alpha value is -1.56. The molecule has 0 radical (unpaired) electrons. The molecule has 6 heteroatoms. The fourth-order valence-corrected chi connectivity index (χ4v) is 2.33. The summed E-state index contributed by atoms with van der Waals surface area (Å²) in [6.07, 6.45) is 3.08. The lowest BCUT2D eigenvalue weighted by Crippen LogP contribution is -2.32. The summed E-state index contributed by atoms with van der Waals surface area (Å²) in [7, 11) is -1.80. The number of hydrogen-bond acceptors (Lipinski definition) is 3. The molecular weight excluding hydrogens is 276 g/mol. The molecular formula is C14H22N2O3S. The number of carbonyl (C=O) groups excluding carboxylic acids is 1. The molecule has 0 bridgehead atoms. The number of amides is 1. The maximum absolute atomic E-state index is 12.0. The number of nitrogens with zero attached hydrogens (tertiary/aromatic N) is 1. The topological polar surface area (TPSA) is 66.5 Å². The van der Waals surface area contributed by atoms with E-state index in [1.165, 1.54) is 11.4 Å². The Labute approximate surface area is 121 Å². The van der Waals surface area contributed by atoms with Crippen LogP contribution >= 0.6 is 0 Å². The van der Waals surface area contributed by atoms with E-state index in [0.717, 1.165) is 19.1 Å². The highest BCUT2D eigenvalue weighted by molar-refractivity contribution is 7.92. The van der Waals surface area contributed by atoms with Crippen molar-refractivity contribution in [1.29, 1.82) is 0 Å². The van der Waals surface area contributed by atoms with Crippen LogP contribution in [0.2, 0.25) is 0 Å². The molecule has 0 aromatic heterocycles. The summed E-state index contributed by atoms with van der Waals surface area (Å²) in [5.74, 6) is -0.139. The third-order valence-electron chi connectivity index (χ3n) is 3.09.